The molecule has 1 aromatic rings. The van der Waals surface area contributed by atoms with Gasteiger partial charge in [-0.05, 0) is 37.1 Å². The van der Waals surface area contributed by atoms with Gasteiger partial charge in [0.05, 0.1) is 10.8 Å². The molecule has 3 heteroatoms. The van der Waals surface area contributed by atoms with Gasteiger partial charge in [-0.15, -0.1) is 0 Å². The summed E-state index contributed by atoms with van der Waals surface area (Å²) in [6.45, 7) is 0. The molecule has 0 aliphatic heterocycles. The van der Waals surface area contributed by atoms with Crippen LogP contribution in [-0.2, 0) is 10.8 Å². The van der Waals surface area contributed by atoms with E-state index in [0.717, 1.165) is 17.7 Å². The zero-order valence-electron chi connectivity index (χ0n) is 7.20. The van der Waals surface area contributed by atoms with Crippen LogP contribution in [0, 0.1) is 5.82 Å². The predicted molar refractivity (Wildman–Crippen MR) is 50.4 cm³/mol. The number of rotatable bonds is 2. The van der Waals surface area contributed by atoms with Crippen LogP contribution in [0.4, 0.5) is 4.39 Å². The third kappa shape index (κ3) is 1.80. The lowest BCUT2D eigenvalue weighted by atomic mass is 10.00. The first kappa shape index (κ1) is 8.88. The molecule has 70 valence electrons. The van der Waals surface area contributed by atoms with E-state index in [1.54, 1.807) is 12.1 Å². The number of hydrogen-bond acceptors (Lipinski definition) is 1. The quantitative estimate of drug-likeness (QED) is 0.713. The highest BCUT2D eigenvalue weighted by Gasteiger charge is 2.24. The molecule has 1 unspecified atom stereocenters. The normalized spacial score (nSPS) is 19.5. The van der Waals surface area contributed by atoms with Gasteiger partial charge in [0.2, 0.25) is 0 Å². The number of benzene rings is 1. The minimum absolute atomic E-state index is 0.269. The zero-order valence-corrected chi connectivity index (χ0v) is 8.02. The average molecular weight is 198 g/mol. The molecule has 0 spiro atoms. The van der Waals surface area contributed by atoms with Crippen molar-refractivity contribution in [1.82, 2.24) is 0 Å². The highest BCUT2D eigenvalue weighted by molar-refractivity contribution is 7.85. The summed E-state index contributed by atoms with van der Waals surface area (Å²) in [6.07, 6.45) is 3.27. The van der Waals surface area contributed by atoms with E-state index in [1.165, 1.54) is 18.6 Å². The number of hydrogen-bond donors (Lipinski definition) is 0. The van der Waals surface area contributed by atoms with Crippen LogP contribution in [0.2, 0.25) is 0 Å². The van der Waals surface area contributed by atoms with Gasteiger partial charge in [-0.1, -0.05) is 6.42 Å². The third-order valence-electron chi connectivity index (χ3n) is 2.40. The molecule has 1 atom stereocenters. The van der Waals surface area contributed by atoms with Crippen LogP contribution in [-0.4, -0.2) is 9.46 Å². The lowest BCUT2D eigenvalue weighted by Gasteiger charge is -2.24. The van der Waals surface area contributed by atoms with Crippen molar-refractivity contribution in [2.24, 2.45) is 0 Å². The molecule has 1 fully saturated rings. The highest BCUT2D eigenvalue weighted by Crippen LogP contribution is 2.27. The molecule has 1 aromatic carbocycles. The van der Waals surface area contributed by atoms with E-state index in [4.69, 9.17) is 0 Å². The first-order valence-corrected chi connectivity index (χ1v) is 5.65. The number of halogens is 1. The van der Waals surface area contributed by atoms with Crippen molar-refractivity contribution >= 4 is 10.8 Å². The van der Waals surface area contributed by atoms with E-state index in [-0.39, 0.29) is 5.82 Å². The van der Waals surface area contributed by atoms with Crippen molar-refractivity contribution < 1.29 is 8.60 Å². The van der Waals surface area contributed by atoms with E-state index in [9.17, 15) is 8.60 Å². The molecule has 0 radical (unpaired) electrons. The molecule has 13 heavy (non-hydrogen) atoms. The Kier molecular flexibility index (Phi) is 2.44. The van der Waals surface area contributed by atoms with Crippen LogP contribution >= 0.6 is 0 Å². The minimum atomic E-state index is -0.916. The monoisotopic (exact) mass is 198 g/mol. The van der Waals surface area contributed by atoms with Gasteiger partial charge in [0.15, 0.2) is 0 Å². The highest BCUT2D eigenvalue weighted by atomic mass is 32.2. The molecule has 0 saturated heterocycles. The second kappa shape index (κ2) is 3.58. The van der Waals surface area contributed by atoms with Crippen molar-refractivity contribution in [3.8, 4) is 0 Å². The van der Waals surface area contributed by atoms with Crippen LogP contribution in [0.25, 0.3) is 0 Å². The summed E-state index contributed by atoms with van der Waals surface area (Å²) in [5.41, 5.74) is 0. The van der Waals surface area contributed by atoms with Crippen molar-refractivity contribution in [2.75, 3.05) is 0 Å². The lowest BCUT2D eigenvalue weighted by Crippen LogP contribution is -2.23. The summed E-state index contributed by atoms with van der Waals surface area (Å²) >= 11 is 0. The van der Waals surface area contributed by atoms with E-state index < -0.39 is 10.8 Å². The first-order chi connectivity index (χ1) is 6.27. The maximum absolute atomic E-state index is 12.5. The predicted octanol–water partition coefficient (Wildman–Crippen LogP) is 2.49. The Balaban J connectivity index is 2.15. The lowest BCUT2D eigenvalue weighted by molar-refractivity contribution is 0.504. The van der Waals surface area contributed by atoms with Crippen LogP contribution in [0.5, 0.6) is 0 Å². The van der Waals surface area contributed by atoms with Crippen molar-refractivity contribution in [3.63, 3.8) is 0 Å². The zero-order chi connectivity index (χ0) is 9.26. The van der Waals surface area contributed by atoms with Crippen LogP contribution < -0.4 is 0 Å². The second-order valence-corrected chi connectivity index (χ2v) is 5.04. The average Bonchev–Trinajstić information content (AvgIpc) is 2.02. The standard InChI is InChI=1S/C10H11FOS/c11-8-4-6-10(7-5-8)13(12)9-2-1-3-9/h4-7,9H,1-3H2. The van der Waals surface area contributed by atoms with Crippen LogP contribution in [0.1, 0.15) is 19.3 Å². The van der Waals surface area contributed by atoms with Crippen molar-refractivity contribution in [1.29, 1.82) is 0 Å². The van der Waals surface area contributed by atoms with Gasteiger partial charge in [0, 0.05) is 10.1 Å². The Labute approximate surface area is 79.4 Å². The summed E-state index contributed by atoms with van der Waals surface area (Å²) in [5.74, 6) is -0.269. The molecule has 1 aliphatic carbocycles. The maximum atomic E-state index is 12.5. The Morgan fingerprint density at radius 1 is 1.23 bits per heavy atom. The summed E-state index contributed by atoms with van der Waals surface area (Å²) in [7, 11) is -0.916. The molecule has 2 rings (SSSR count). The Bertz CT molecular complexity index is 316. The molecular formula is C10H11FOS. The Hall–Kier alpha value is -0.700. The SMILES string of the molecule is O=S(c1ccc(F)cc1)C1CCC1. The fourth-order valence-corrected chi connectivity index (χ4v) is 2.90. The van der Waals surface area contributed by atoms with Gasteiger partial charge in [0.25, 0.3) is 0 Å². The molecule has 1 nitrogen and oxygen atoms in total. The van der Waals surface area contributed by atoms with Crippen molar-refractivity contribution in [2.45, 2.75) is 29.4 Å². The van der Waals surface area contributed by atoms with Crippen LogP contribution in [0.15, 0.2) is 29.2 Å². The second-order valence-electron chi connectivity index (χ2n) is 3.30. The third-order valence-corrected chi connectivity index (χ3v) is 4.21. The van der Waals surface area contributed by atoms with E-state index >= 15 is 0 Å². The molecule has 0 aromatic heterocycles. The van der Waals surface area contributed by atoms with Crippen LogP contribution in [0.3, 0.4) is 0 Å². The molecule has 1 aliphatic rings. The molecule has 0 bridgehead atoms. The summed E-state index contributed by atoms with van der Waals surface area (Å²) < 4.78 is 24.3. The van der Waals surface area contributed by atoms with Gasteiger partial charge < -0.3 is 0 Å². The maximum Gasteiger partial charge on any atom is 0.123 e. The van der Waals surface area contributed by atoms with Gasteiger partial charge in [0.1, 0.15) is 5.82 Å². The minimum Gasteiger partial charge on any atom is -0.254 e. The molecule has 0 N–H and O–H groups in total. The van der Waals surface area contributed by atoms with Gasteiger partial charge in [-0.3, -0.25) is 4.21 Å². The van der Waals surface area contributed by atoms with Gasteiger partial charge in [-0.2, -0.15) is 0 Å². The van der Waals surface area contributed by atoms with E-state index in [2.05, 4.69) is 0 Å². The Morgan fingerprint density at radius 3 is 2.31 bits per heavy atom. The molecular weight excluding hydrogens is 187 g/mol. The fourth-order valence-electron chi connectivity index (χ4n) is 1.35. The summed E-state index contributed by atoms with van der Waals surface area (Å²) in [4.78, 5) is 0.756. The fraction of sp³-hybridized carbons (Fsp3) is 0.400. The van der Waals surface area contributed by atoms with E-state index in [0.29, 0.717) is 5.25 Å². The molecule has 1 saturated carbocycles. The van der Waals surface area contributed by atoms with Gasteiger partial charge in [-0.25, -0.2) is 4.39 Å². The Morgan fingerprint density at radius 2 is 1.85 bits per heavy atom. The van der Waals surface area contributed by atoms with E-state index in [1.807, 2.05) is 0 Å². The summed E-state index contributed by atoms with van der Waals surface area (Å²) in [6, 6.07) is 5.96. The summed E-state index contributed by atoms with van der Waals surface area (Å²) in [5, 5.41) is 0.311. The molecule has 0 heterocycles. The van der Waals surface area contributed by atoms with Crippen molar-refractivity contribution in [3.05, 3.63) is 30.1 Å². The largest absolute Gasteiger partial charge is 0.254 e. The molecule has 0 amide bonds. The van der Waals surface area contributed by atoms with Gasteiger partial charge >= 0.3 is 0 Å². The topological polar surface area (TPSA) is 17.1 Å². The smallest absolute Gasteiger partial charge is 0.123 e. The first-order valence-electron chi connectivity index (χ1n) is 4.43.